The zero-order valence-corrected chi connectivity index (χ0v) is 13.3. The Balaban J connectivity index is 1.62. The van der Waals surface area contributed by atoms with Crippen LogP contribution in [0.15, 0.2) is 6.07 Å². The lowest BCUT2D eigenvalue weighted by Gasteiger charge is -2.36. The van der Waals surface area contributed by atoms with Crippen LogP contribution in [0, 0.1) is 13.8 Å². The van der Waals surface area contributed by atoms with E-state index in [0.717, 1.165) is 49.5 Å². The fourth-order valence-corrected chi connectivity index (χ4v) is 4.14. The molecule has 0 saturated carbocycles. The highest BCUT2D eigenvalue weighted by Crippen LogP contribution is 2.25. The van der Waals surface area contributed by atoms with Gasteiger partial charge in [0, 0.05) is 42.0 Å². The van der Waals surface area contributed by atoms with Crippen LogP contribution in [0.5, 0.6) is 0 Å². The van der Waals surface area contributed by atoms with Crippen molar-refractivity contribution >= 4 is 23.3 Å². The van der Waals surface area contributed by atoms with Crippen LogP contribution in [0.2, 0.25) is 0 Å². The molecule has 3 heterocycles. The van der Waals surface area contributed by atoms with Crippen LogP contribution < -0.4 is 5.32 Å². The minimum atomic E-state index is 0.0454. The molecule has 6 heteroatoms. The van der Waals surface area contributed by atoms with Crippen LogP contribution in [0.25, 0.3) is 0 Å². The molecule has 0 unspecified atom stereocenters. The van der Waals surface area contributed by atoms with E-state index in [0.29, 0.717) is 0 Å². The third-order valence-corrected chi connectivity index (χ3v) is 5.32. The molecule has 0 spiro atoms. The van der Waals surface area contributed by atoms with Gasteiger partial charge in [-0.2, -0.15) is 0 Å². The summed E-state index contributed by atoms with van der Waals surface area (Å²) in [7, 11) is 0. The fourth-order valence-electron chi connectivity index (χ4n) is 3.23. The molecule has 21 heavy (non-hydrogen) atoms. The van der Waals surface area contributed by atoms with E-state index in [1.807, 2.05) is 29.7 Å². The third-order valence-electron chi connectivity index (χ3n) is 4.35. The number of aryl methyl sites for hydroxylation is 2. The summed E-state index contributed by atoms with van der Waals surface area (Å²) in [6.07, 6.45) is 1.75. The van der Waals surface area contributed by atoms with Gasteiger partial charge in [0.2, 0.25) is 0 Å². The summed E-state index contributed by atoms with van der Waals surface area (Å²) < 4.78 is 0. The minimum absolute atomic E-state index is 0.0454. The van der Waals surface area contributed by atoms with Gasteiger partial charge < -0.3 is 15.1 Å². The van der Waals surface area contributed by atoms with Crippen molar-refractivity contribution in [1.29, 1.82) is 0 Å². The van der Waals surface area contributed by atoms with E-state index in [2.05, 4.69) is 5.32 Å². The Bertz CT molecular complexity index is 561. The first-order valence-corrected chi connectivity index (χ1v) is 8.28. The molecule has 0 atom stereocenters. The van der Waals surface area contributed by atoms with Gasteiger partial charge in [0.15, 0.2) is 0 Å². The van der Waals surface area contributed by atoms with Crippen LogP contribution in [-0.2, 0) is 0 Å². The second kappa shape index (κ2) is 5.67. The standard InChI is InChI=1S/C15H21N3O2S/c1-10-9-13(11(2)21-10)14(19)17-6-3-12(4-7-17)18-8-5-16-15(18)20/h9,12H,3-8H2,1-2H3,(H,16,20). The van der Waals surface area contributed by atoms with Crippen molar-refractivity contribution in [2.45, 2.75) is 32.7 Å². The Hall–Kier alpha value is -1.56. The lowest BCUT2D eigenvalue weighted by Crippen LogP contribution is -2.47. The molecule has 1 aromatic rings. The Labute approximate surface area is 128 Å². The van der Waals surface area contributed by atoms with Crippen molar-refractivity contribution < 1.29 is 9.59 Å². The summed E-state index contributed by atoms with van der Waals surface area (Å²) in [5, 5.41) is 2.84. The average Bonchev–Trinajstić information content (AvgIpc) is 3.04. The van der Waals surface area contributed by atoms with Gasteiger partial charge >= 0.3 is 6.03 Å². The average molecular weight is 307 g/mol. The monoisotopic (exact) mass is 307 g/mol. The van der Waals surface area contributed by atoms with E-state index in [4.69, 9.17) is 0 Å². The van der Waals surface area contributed by atoms with Gasteiger partial charge in [0.1, 0.15) is 0 Å². The largest absolute Gasteiger partial charge is 0.338 e. The van der Waals surface area contributed by atoms with Gasteiger partial charge in [-0.25, -0.2) is 4.79 Å². The first kappa shape index (κ1) is 14.4. The van der Waals surface area contributed by atoms with Gasteiger partial charge in [-0.05, 0) is 32.8 Å². The minimum Gasteiger partial charge on any atom is -0.338 e. The Kier molecular flexibility index (Phi) is 3.89. The second-order valence-corrected chi connectivity index (χ2v) is 7.24. The molecule has 114 valence electrons. The molecule has 0 radical (unpaired) electrons. The van der Waals surface area contributed by atoms with Crippen LogP contribution in [0.1, 0.15) is 33.0 Å². The smallest absolute Gasteiger partial charge is 0.317 e. The number of carbonyl (C=O) groups is 2. The van der Waals surface area contributed by atoms with Crippen LogP contribution in [0.3, 0.4) is 0 Å². The molecule has 1 N–H and O–H groups in total. The molecule has 3 amide bonds. The first-order chi connectivity index (χ1) is 10.1. The van der Waals surface area contributed by atoms with E-state index in [-0.39, 0.29) is 18.0 Å². The summed E-state index contributed by atoms with van der Waals surface area (Å²) >= 11 is 1.67. The second-order valence-electron chi connectivity index (χ2n) is 5.78. The van der Waals surface area contributed by atoms with Gasteiger partial charge in [-0.15, -0.1) is 11.3 Å². The van der Waals surface area contributed by atoms with E-state index in [9.17, 15) is 9.59 Å². The van der Waals surface area contributed by atoms with Gasteiger partial charge in [-0.3, -0.25) is 4.79 Å². The van der Waals surface area contributed by atoms with E-state index >= 15 is 0 Å². The van der Waals surface area contributed by atoms with Gasteiger partial charge in [0.25, 0.3) is 5.91 Å². The number of piperidine rings is 1. The number of nitrogens with zero attached hydrogens (tertiary/aromatic N) is 2. The van der Waals surface area contributed by atoms with Crippen LogP contribution in [0.4, 0.5) is 4.79 Å². The number of urea groups is 1. The zero-order chi connectivity index (χ0) is 15.0. The summed E-state index contributed by atoms with van der Waals surface area (Å²) in [5.41, 5.74) is 0.842. The zero-order valence-electron chi connectivity index (χ0n) is 12.5. The maximum Gasteiger partial charge on any atom is 0.317 e. The number of amides is 3. The molecular formula is C15H21N3O2S. The van der Waals surface area contributed by atoms with Crippen molar-refractivity contribution in [1.82, 2.24) is 15.1 Å². The third kappa shape index (κ3) is 2.77. The van der Waals surface area contributed by atoms with Gasteiger partial charge in [0.05, 0.1) is 5.56 Å². The quantitative estimate of drug-likeness (QED) is 0.908. The van der Waals surface area contributed by atoms with Crippen molar-refractivity contribution in [3.05, 3.63) is 21.4 Å². The molecule has 5 nitrogen and oxygen atoms in total. The summed E-state index contributed by atoms with van der Waals surface area (Å²) in [5.74, 6) is 0.140. The molecule has 2 aliphatic heterocycles. The molecule has 3 rings (SSSR count). The highest BCUT2D eigenvalue weighted by Gasteiger charge is 2.32. The summed E-state index contributed by atoms with van der Waals surface area (Å²) in [6.45, 7) is 7.05. The van der Waals surface area contributed by atoms with Crippen molar-refractivity contribution in [3.8, 4) is 0 Å². The Morgan fingerprint density at radius 1 is 1.29 bits per heavy atom. The lowest BCUT2D eigenvalue weighted by atomic mass is 10.0. The molecule has 2 aliphatic rings. The number of hydrogen-bond acceptors (Lipinski definition) is 3. The van der Waals surface area contributed by atoms with E-state index < -0.39 is 0 Å². The Morgan fingerprint density at radius 2 is 2.00 bits per heavy atom. The van der Waals surface area contributed by atoms with E-state index in [1.54, 1.807) is 11.3 Å². The summed E-state index contributed by atoms with van der Waals surface area (Å²) in [4.78, 5) is 30.4. The van der Waals surface area contributed by atoms with Gasteiger partial charge in [-0.1, -0.05) is 0 Å². The van der Waals surface area contributed by atoms with Crippen LogP contribution in [-0.4, -0.2) is 54.0 Å². The first-order valence-electron chi connectivity index (χ1n) is 7.47. The normalized spacial score (nSPS) is 20.0. The number of rotatable bonds is 2. The predicted octanol–water partition coefficient (Wildman–Crippen LogP) is 1.99. The maximum atomic E-state index is 12.6. The molecule has 2 saturated heterocycles. The molecule has 2 fully saturated rings. The lowest BCUT2D eigenvalue weighted by molar-refractivity contribution is 0.0666. The topological polar surface area (TPSA) is 52.7 Å². The predicted molar refractivity (Wildman–Crippen MR) is 82.8 cm³/mol. The van der Waals surface area contributed by atoms with E-state index in [1.165, 1.54) is 4.88 Å². The number of carbonyl (C=O) groups excluding carboxylic acids is 2. The number of likely N-dealkylation sites (tertiary alicyclic amines) is 1. The van der Waals surface area contributed by atoms with Crippen molar-refractivity contribution in [3.63, 3.8) is 0 Å². The van der Waals surface area contributed by atoms with Crippen LogP contribution >= 0.6 is 11.3 Å². The highest BCUT2D eigenvalue weighted by molar-refractivity contribution is 7.12. The fraction of sp³-hybridized carbons (Fsp3) is 0.600. The molecule has 0 bridgehead atoms. The molecule has 0 aliphatic carbocycles. The number of nitrogens with one attached hydrogen (secondary N) is 1. The SMILES string of the molecule is Cc1cc(C(=O)N2CCC(N3CCNC3=O)CC2)c(C)s1. The maximum absolute atomic E-state index is 12.6. The summed E-state index contributed by atoms with van der Waals surface area (Å²) in [6, 6.07) is 2.31. The number of hydrogen-bond donors (Lipinski definition) is 1. The van der Waals surface area contributed by atoms with Crippen molar-refractivity contribution in [2.75, 3.05) is 26.2 Å². The number of thiophene rings is 1. The highest BCUT2D eigenvalue weighted by atomic mass is 32.1. The molecule has 0 aromatic carbocycles. The van der Waals surface area contributed by atoms with Crippen molar-refractivity contribution in [2.24, 2.45) is 0 Å². The Morgan fingerprint density at radius 3 is 2.52 bits per heavy atom. The molecular weight excluding hydrogens is 286 g/mol. The molecule has 1 aromatic heterocycles.